The third-order valence-electron chi connectivity index (χ3n) is 4.19. The monoisotopic (exact) mass is 371 g/mol. The molecular weight excluding hydrogens is 354 g/mol. The molecule has 1 aromatic carbocycles. The number of pyridine rings is 3. The van der Waals surface area contributed by atoms with Crippen LogP contribution in [0.2, 0.25) is 0 Å². The molecule has 0 radical (unpaired) electrons. The molecule has 0 unspecified atom stereocenters. The molecule has 0 aliphatic heterocycles. The van der Waals surface area contributed by atoms with Crippen LogP contribution in [0.4, 0.5) is 5.82 Å². The highest BCUT2D eigenvalue weighted by atomic mass is 16.3. The largest absolute Gasteiger partial charge is 0.504 e. The van der Waals surface area contributed by atoms with Crippen molar-refractivity contribution >= 4 is 28.0 Å². The standard InChI is InChI=1S/C16H11N3O.C5H6N2O/c1-10-6-8-17-13-5-4-11(9-12(10)13)16-19-15-14(20-16)3-2-7-18-15;6-5-4(8)2-1-3-7-5/h2-9H,1H3;1-3,8H,(H2,6,7). The number of nitrogen functional groups attached to an aromatic ring is 1. The molecule has 5 aromatic rings. The van der Waals surface area contributed by atoms with E-state index >= 15 is 0 Å². The van der Waals surface area contributed by atoms with Gasteiger partial charge in [-0.25, -0.2) is 9.97 Å². The minimum atomic E-state index is 0.0347. The van der Waals surface area contributed by atoms with Crippen molar-refractivity contribution in [1.82, 2.24) is 19.9 Å². The number of anilines is 1. The number of aromatic nitrogens is 4. The first-order valence-corrected chi connectivity index (χ1v) is 8.58. The van der Waals surface area contributed by atoms with Gasteiger partial charge in [0.05, 0.1) is 5.52 Å². The van der Waals surface area contributed by atoms with Gasteiger partial charge in [0, 0.05) is 29.5 Å². The summed E-state index contributed by atoms with van der Waals surface area (Å²) in [7, 11) is 0. The van der Waals surface area contributed by atoms with Crippen molar-refractivity contribution in [3.05, 3.63) is 72.7 Å². The zero-order chi connectivity index (χ0) is 19.5. The van der Waals surface area contributed by atoms with Gasteiger partial charge in [-0.3, -0.25) is 4.98 Å². The van der Waals surface area contributed by atoms with Crippen molar-refractivity contribution in [1.29, 1.82) is 0 Å². The number of nitrogens with two attached hydrogens (primary N) is 1. The van der Waals surface area contributed by atoms with Crippen LogP contribution in [-0.2, 0) is 0 Å². The van der Waals surface area contributed by atoms with Crippen molar-refractivity contribution in [2.75, 3.05) is 5.73 Å². The summed E-state index contributed by atoms with van der Waals surface area (Å²) in [5.74, 6) is 0.795. The SMILES string of the molecule is Cc1ccnc2ccc(-c3nc4ncccc4o3)cc12.Nc1ncccc1O. The van der Waals surface area contributed by atoms with E-state index in [0.717, 1.165) is 16.5 Å². The number of aromatic hydroxyl groups is 1. The summed E-state index contributed by atoms with van der Waals surface area (Å²) in [5, 5.41) is 9.84. The first kappa shape index (κ1) is 17.4. The highest BCUT2D eigenvalue weighted by molar-refractivity contribution is 5.86. The van der Waals surface area contributed by atoms with E-state index in [1.54, 1.807) is 12.3 Å². The molecule has 28 heavy (non-hydrogen) atoms. The van der Waals surface area contributed by atoms with Gasteiger partial charge in [-0.1, -0.05) is 0 Å². The Labute approximate surface area is 160 Å². The van der Waals surface area contributed by atoms with Crippen LogP contribution in [0.25, 0.3) is 33.6 Å². The molecule has 0 aliphatic carbocycles. The zero-order valence-electron chi connectivity index (χ0n) is 15.1. The second-order valence-electron chi connectivity index (χ2n) is 6.11. The molecule has 3 N–H and O–H groups in total. The van der Waals surface area contributed by atoms with E-state index in [4.69, 9.17) is 15.3 Å². The maximum absolute atomic E-state index is 8.73. The Balaban J connectivity index is 0.000000203. The lowest BCUT2D eigenvalue weighted by Gasteiger charge is -2.02. The van der Waals surface area contributed by atoms with Gasteiger partial charge in [0.1, 0.15) is 0 Å². The molecule has 4 aromatic heterocycles. The summed E-state index contributed by atoms with van der Waals surface area (Å²) in [5.41, 5.74) is 9.59. The fraction of sp³-hybridized carbons (Fsp3) is 0.0476. The van der Waals surface area contributed by atoms with Crippen molar-refractivity contribution in [3.8, 4) is 17.2 Å². The van der Waals surface area contributed by atoms with Gasteiger partial charge in [-0.05, 0) is 61.0 Å². The molecule has 0 spiro atoms. The van der Waals surface area contributed by atoms with E-state index in [1.807, 2.05) is 36.5 Å². The van der Waals surface area contributed by atoms with Gasteiger partial charge in [0.2, 0.25) is 5.89 Å². The highest BCUT2D eigenvalue weighted by Gasteiger charge is 2.10. The first-order chi connectivity index (χ1) is 13.6. The predicted molar refractivity (Wildman–Crippen MR) is 108 cm³/mol. The summed E-state index contributed by atoms with van der Waals surface area (Å²) in [6, 6.07) is 14.8. The number of rotatable bonds is 1. The first-order valence-electron chi connectivity index (χ1n) is 8.58. The fourth-order valence-electron chi connectivity index (χ4n) is 2.72. The van der Waals surface area contributed by atoms with Crippen LogP contribution < -0.4 is 5.73 Å². The zero-order valence-corrected chi connectivity index (χ0v) is 15.1. The Morgan fingerprint density at radius 1 is 0.929 bits per heavy atom. The molecule has 0 aliphatic rings. The molecule has 0 saturated carbocycles. The van der Waals surface area contributed by atoms with Crippen LogP contribution >= 0.6 is 0 Å². The van der Waals surface area contributed by atoms with E-state index in [2.05, 4.69) is 32.9 Å². The summed E-state index contributed by atoms with van der Waals surface area (Å²) < 4.78 is 5.75. The predicted octanol–water partition coefficient (Wildman–Crippen LogP) is 4.12. The highest BCUT2D eigenvalue weighted by Crippen LogP contribution is 2.27. The van der Waals surface area contributed by atoms with Crippen LogP contribution in [0.5, 0.6) is 5.75 Å². The normalized spacial score (nSPS) is 10.6. The molecule has 0 atom stereocenters. The smallest absolute Gasteiger partial charge is 0.228 e. The van der Waals surface area contributed by atoms with E-state index in [9.17, 15) is 0 Å². The quantitative estimate of drug-likeness (QED) is 0.456. The van der Waals surface area contributed by atoms with Gasteiger partial charge in [-0.15, -0.1) is 0 Å². The molecule has 4 heterocycles. The molecule has 7 heteroatoms. The van der Waals surface area contributed by atoms with Crippen molar-refractivity contribution in [2.24, 2.45) is 0 Å². The molecular formula is C21H17N5O2. The number of hydrogen-bond donors (Lipinski definition) is 2. The van der Waals surface area contributed by atoms with Gasteiger partial charge < -0.3 is 15.3 Å². The number of benzene rings is 1. The number of fused-ring (bicyclic) bond motifs is 2. The van der Waals surface area contributed by atoms with Crippen molar-refractivity contribution in [3.63, 3.8) is 0 Å². The van der Waals surface area contributed by atoms with Crippen LogP contribution in [0.1, 0.15) is 5.56 Å². The van der Waals surface area contributed by atoms with Crippen molar-refractivity contribution < 1.29 is 9.52 Å². The third-order valence-corrected chi connectivity index (χ3v) is 4.19. The summed E-state index contributed by atoms with van der Waals surface area (Å²) >= 11 is 0. The fourth-order valence-corrected chi connectivity index (χ4v) is 2.72. The number of aryl methyl sites for hydroxylation is 1. The minimum Gasteiger partial charge on any atom is -0.504 e. The number of nitrogens with zero attached hydrogens (tertiary/aromatic N) is 4. The van der Waals surface area contributed by atoms with Crippen molar-refractivity contribution in [2.45, 2.75) is 6.92 Å². The second kappa shape index (κ2) is 7.32. The topological polar surface area (TPSA) is 111 Å². The van der Waals surface area contributed by atoms with Gasteiger partial charge in [0.25, 0.3) is 0 Å². The summed E-state index contributed by atoms with van der Waals surface area (Å²) in [6.07, 6.45) is 5.05. The van der Waals surface area contributed by atoms with E-state index in [-0.39, 0.29) is 11.6 Å². The van der Waals surface area contributed by atoms with Crippen LogP contribution in [0.3, 0.4) is 0 Å². The molecule has 0 saturated heterocycles. The van der Waals surface area contributed by atoms with Gasteiger partial charge in [0.15, 0.2) is 22.8 Å². The van der Waals surface area contributed by atoms with Gasteiger partial charge >= 0.3 is 0 Å². The maximum Gasteiger partial charge on any atom is 0.228 e. The number of oxazole rings is 1. The Morgan fingerprint density at radius 3 is 2.50 bits per heavy atom. The molecule has 0 bridgehead atoms. The molecule has 0 amide bonds. The van der Waals surface area contributed by atoms with E-state index in [0.29, 0.717) is 17.1 Å². The average molecular weight is 371 g/mol. The average Bonchev–Trinajstić information content (AvgIpc) is 3.15. The number of hydrogen-bond acceptors (Lipinski definition) is 7. The van der Waals surface area contributed by atoms with Crippen LogP contribution in [-0.4, -0.2) is 25.0 Å². The van der Waals surface area contributed by atoms with E-state index in [1.165, 1.54) is 17.8 Å². The van der Waals surface area contributed by atoms with E-state index < -0.39 is 0 Å². The van der Waals surface area contributed by atoms with Crippen LogP contribution in [0, 0.1) is 6.92 Å². The lowest BCUT2D eigenvalue weighted by atomic mass is 10.1. The maximum atomic E-state index is 8.73. The Morgan fingerprint density at radius 2 is 1.75 bits per heavy atom. The molecule has 138 valence electrons. The molecule has 7 nitrogen and oxygen atoms in total. The van der Waals surface area contributed by atoms with Crippen LogP contribution in [0.15, 0.2) is 71.5 Å². The Hall–Kier alpha value is -4.00. The lowest BCUT2D eigenvalue weighted by Crippen LogP contribution is -1.87. The Bertz CT molecular complexity index is 1210. The summed E-state index contributed by atoms with van der Waals surface area (Å²) in [6.45, 7) is 2.07. The third kappa shape index (κ3) is 3.45. The summed E-state index contributed by atoms with van der Waals surface area (Å²) in [4.78, 5) is 16.6. The lowest BCUT2D eigenvalue weighted by molar-refractivity contribution is 0.476. The minimum absolute atomic E-state index is 0.0347. The molecule has 5 rings (SSSR count). The second-order valence-corrected chi connectivity index (χ2v) is 6.11. The Kier molecular flexibility index (Phi) is 4.55. The van der Waals surface area contributed by atoms with Gasteiger partial charge in [-0.2, -0.15) is 4.98 Å². The molecule has 0 fully saturated rings.